The fraction of sp³-hybridized carbons (Fsp3) is 0.250. The average Bonchev–Trinajstić information content (AvgIpc) is 2.23. The molecule has 0 saturated carbocycles. The van der Waals surface area contributed by atoms with Crippen LogP contribution in [0.1, 0.15) is 16.9 Å². The molecule has 0 bridgehead atoms. The number of hydrogen-bond acceptors (Lipinski definition) is 3. The number of rotatable bonds is 1. The summed E-state index contributed by atoms with van der Waals surface area (Å²) >= 11 is 0. The molecule has 2 aromatic rings. The molecule has 2 N–H and O–H groups in total. The van der Waals surface area contributed by atoms with Crippen LogP contribution in [0.3, 0.4) is 0 Å². The maximum absolute atomic E-state index is 11.7. The van der Waals surface area contributed by atoms with Gasteiger partial charge in [0.25, 0.3) is 0 Å². The molecule has 1 aromatic heterocycles. The van der Waals surface area contributed by atoms with Crippen molar-refractivity contribution >= 4 is 11.0 Å². The Morgan fingerprint density at radius 3 is 2.73 bits per heavy atom. The van der Waals surface area contributed by atoms with E-state index in [4.69, 9.17) is 10.2 Å². The number of benzene rings is 1. The maximum atomic E-state index is 11.7. The van der Waals surface area contributed by atoms with Crippen LogP contribution in [0.15, 0.2) is 27.4 Å². The summed E-state index contributed by atoms with van der Waals surface area (Å²) in [6.07, 6.45) is 0. The summed E-state index contributed by atoms with van der Waals surface area (Å²) in [5, 5.41) is 0.621. The third kappa shape index (κ3) is 1.55. The molecule has 0 amide bonds. The van der Waals surface area contributed by atoms with E-state index in [1.807, 2.05) is 19.9 Å². The number of aryl methyl sites for hydroxylation is 2. The van der Waals surface area contributed by atoms with Crippen LogP contribution in [-0.4, -0.2) is 0 Å². The highest BCUT2D eigenvalue weighted by Gasteiger charge is 2.07. The lowest BCUT2D eigenvalue weighted by molar-refractivity contribution is 0.537. The first-order chi connectivity index (χ1) is 7.13. The molecule has 0 aliphatic heterocycles. The Labute approximate surface area is 87.5 Å². The highest BCUT2D eigenvalue weighted by molar-refractivity contribution is 5.80. The summed E-state index contributed by atoms with van der Waals surface area (Å²) < 4.78 is 5.58. The predicted molar refractivity (Wildman–Crippen MR) is 59.8 cm³/mol. The number of nitrogens with two attached hydrogens (primary N) is 1. The van der Waals surface area contributed by atoms with Crippen molar-refractivity contribution < 1.29 is 4.42 Å². The predicted octanol–water partition coefficient (Wildman–Crippen LogP) is 1.87. The lowest BCUT2D eigenvalue weighted by Gasteiger charge is -2.05. The first-order valence-corrected chi connectivity index (χ1v) is 4.86. The van der Waals surface area contributed by atoms with Gasteiger partial charge in [0.05, 0.1) is 11.9 Å². The molecule has 2 rings (SSSR count). The van der Waals surface area contributed by atoms with E-state index in [0.29, 0.717) is 16.7 Å². The smallest absolute Gasteiger partial charge is 0.193 e. The van der Waals surface area contributed by atoms with Crippen LogP contribution in [0.5, 0.6) is 0 Å². The average molecular weight is 203 g/mol. The van der Waals surface area contributed by atoms with Crippen molar-refractivity contribution in [1.29, 1.82) is 0 Å². The van der Waals surface area contributed by atoms with E-state index < -0.39 is 0 Å². The largest absolute Gasteiger partial charge is 0.459 e. The quantitative estimate of drug-likeness (QED) is 0.769. The third-order valence-corrected chi connectivity index (χ3v) is 2.67. The molecule has 0 radical (unpaired) electrons. The molecule has 78 valence electrons. The first-order valence-electron chi connectivity index (χ1n) is 4.86. The number of fused-ring (bicyclic) bond motifs is 1. The second kappa shape index (κ2) is 3.51. The van der Waals surface area contributed by atoms with E-state index in [1.165, 1.54) is 6.07 Å². The van der Waals surface area contributed by atoms with E-state index >= 15 is 0 Å². The SMILES string of the molecule is Cc1ccc2c(=O)cc(CN)oc2c1C. The third-order valence-electron chi connectivity index (χ3n) is 2.67. The van der Waals surface area contributed by atoms with Crippen molar-refractivity contribution in [2.24, 2.45) is 5.73 Å². The minimum Gasteiger partial charge on any atom is -0.459 e. The summed E-state index contributed by atoms with van der Waals surface area (Å²) in [6, 6.07) is 5.18. The normalized spacial score (nSPS) is 10.9. The molecule has 3 heteroatoms. The summed E-state index contributed by atoms with van der Waals surface area (Å²) in [5.41, 5.74) is 8.20. The van der Waals surface area contributed by atoms with Gasteiger partial charge in [0.2, 0.25) is 0 Å². The minimum atomic E-state index is -0.0280. The molecule has 0 fully saturated rings. The Morgan fingerprint density at radius 2 is 2.07 bits per heavy atom. The lowest BCUT2D eigenvalue weighted by Crippen LogP contribution is -2.06. The van der Waals surface area contributed by atoms with E-state index in [9.17, 15) is 4.79 Å². The zero-order valence-electron chi connectivity index (χ0n) is 8.83. The molecule has 0 spiro atoms. The summed E-state index contributed by atoms with van der Waals surface area (Å²) in [6.45, 7) is 4.18. The van der Waals surface area contributed by atoms with Crippen LogP contribution in [-0.2, 0) is 6.54 Å². The Bertz CT molecular complexity index is 570. The van der Waals surface area contributed by atoms with Gasteiger partial charge in [-0.1, -0.05) is 6.07 Å². The summed E-state index contributed by atoms with van der Waals surface area (Å²) in [7, 11) is 0. The van der Waals surface area contributed by atoms with Crippen LogP contribution >= 0.6 is 0 Å². The van der Waals surface area contributed by atoms with Crippen molar-refractivity contribution in [3.63, 3.8) is 0 Å². The fourth-order valence-electron chi connectivity index (χ4n) is 1.60. The molecular weight excluding hydrogens is 190 g/mol. The van der Waals surface area contributed by atoms with Gasteiger partial charge in [-0.3, -0.25) is 4.79 Å². The van der Waals surface area contributed by atoms with Gasteiger partial charge in [0, 0.05) is 6.07 Å². The van der Waals surface area contributed by atoms with E-state index in [-0.39, 0.29) is 12.0 Å². The van der Waals surface area contributed by atoms with Crippen LogP contribution < -0.4 is 11.2 Å². The van der Waals surface area contributed by atoms with Gasteiger partial charge in [0.15, 0.2) is 5.43 Å². The van der Waals surface area contributed by atoms with Crippen LogP contribution in [0.25, 0.3) is 11.0 Å². The molecule has 1 aromatic carbocycles. The van der Waals surface area contributed by atoms with Gasteiger partial charge in [-0.15, -0.1) is 0 Å². The fourth-order valence-corrected chi connectivity index (χ4v) is 1.60. The van der Waals surface area contributed by atoms with Crippen LogP contribution in [0.4, 0.5) is 0 Å². The molecular formula is C12H13NO2. The molecule has 0 unspecified atom stereocenters. The topological polar surface area (TPSA) is 56.2 Å². The molecule has 3 nitrogen and oxygen atoms in total. The van der Waals surface area contributed by atoms with E-state index in [0.717, 1.165) is 11.1 Å². The molecule has 15 heavy (non-hydrogen) atoms. The second-order valence-corrected chi connectivity index (χ2v) is 3.67. The zero-order valence-corrected chi connectivity index (χ0v) is 8.83. The van der Waals surface area contributed by atoms with Crippen molar-refractivity contribution in [2.75, 3.05) is 0 Å². The van der Waals surface area contributed by atoms with Gasteiger partial charge in [-0.25, -0.2) is 0 Å². The van der Waals surface area contributed by atoms with Gasteiger partial charge < -0.3 is 10.2 Å². The Morgan fingerprint density at radius 1 is 1.33 bits per heavy atom. The van der Waals surface area contributed by atoms with Gasteiger partial charge in [-0.2, -0.15) is 0 Å². The molecule has 0 saturated heterocycles. The van der Waals surface area contributed by atoms with E-state index in [2.05, 4.69) is 0 Å². The molecule has 1 heterocycles. The Hall–Kier alpha value is -1.61. The Balaban J connectivity index is 2.93. The zero-order chi connectivity index (χ0) is 11.0. The molecule has 0 aliphatic rings. The van der Waals surface area contributed by atoms with Crippen molar-refractivity contribution in [3.8, 4) is 0 Å². The standard InChI is InChI=1S/C12H13NO2/c1-7-3-4-10-11(14)5-9(6-13)15-12(10)8(7)2/h3-5H,6,13H2,1-2H3. The summed E-state index contributed by atoms with van der Waals surface area (Å²) in [5.74, 6) is 0.529. The van der Waals surface area contributed by atoms with Crippen molar-refractivity contribution in [3.05, 3.63) is 45.3 Å². The van der Waals surface area contributed by atoms with Crippen molar-refractivity contribution in [1.82, 2.24) is 0 Å². The lowest BCUT2D eigenvalue weighted by atomic mass is 10.1. The van der Waals surface area contributed by atoms with Crippen molar-refractivity contribution in [2.45, 2.75) is 20.4 Å². The highest BCUT2D eigenvalue weighted by Crippen LogP contribution is 2.19. The molecule has 0 atom stereocenters. The molecule has 0 aliphatic carbocycles. The van der Waals surface area contributed by atoms with E-state index in [1.54, 1.807) is 6.07 Å². The Kier molecular flexibility index (Phi) is 2.32. The minimum absolute atomic E-state index is 0.0280. The first kappa shape index (κ1) is 9.93. The number of hydrogen-bond donors (Lipinski definition) is 1. The van der Waals surface area contributed by atoms with Gasteiger partial charge in [0.1, 0.15) is 11.3 Å². The maximum Gasteiger partial charge on any atom is 0.193 e. The second-order valence-electron chi connectivity index (χ2n) is 3.67. The highest BCUT2D eigenvalue weighted by atomic mass is 16.3. The van der Waals surface area contributed by atoms with Gasteiger partial charge >= 0.3 is 0 Å². The monoisotopic (exact) mass is 203 g/mol. The van der Waals surface area contributed by atoms with Crippen LogP contribution in [0.2, 0.25) is 0 Å². The van der Waals surface area contributed by atoms with Crippen LogP contribution in [0, 0.1) is 13.8 Å². The van der Waals surface area contributed by atoms with Gasteiger partial charge in [-0.05, 0) is 31.0 Å². The summed E-state index contributed by atoms with van der Waals surface area (Å²) in [4.78, 5) is 11.7.